The number of amides is 3. The first-order valence-corrected chi connectivity index (χ1v) is 9.19. The zero-order chi connectivity index (χ0) is 21.6. The molecule has 5 nitrogen and oxygen atoms in total. The zero-order valence-corrected chi connectivity index (χ0v) is 16.3. The average Bonchev–Trinajstić information content (AvgIpc) is 2.60. The van der Waals surface area contributed by atoms with E-state index < -0.39 is 29.7 Å². The van der Waals surface area contributed by atoms with Crippen LogP contribution in [0.5, 0.6) is 0 Å². The van der Waals surface area contributed by atoms with Crippen molar-refractivity contribution in [2.24, 2.45) is 5.73 Å². The minimum absolute atomic E-state index is 0.110. The molecule has 0 aliphatic heterocycles. The Bertz CT molecular complexity index is 857. The molecule has 2 atom stereocenters. The molecule has 4 N–H and O–H groups in total. The number of halogens is 4. The van der Waals surface area contributed by atoms with Gasteiger partial charge in [0.25, 0.3) is 0 Å². The van der Waals surface area contributed by atoms with E-state index in [1.54, 1.807) is 31.2 Å². The van der Waals surface area contributed by atoms with Crippen molar-refractivity contribution in [2.75, 3.05) is 0 Å². The summed E-state index contributed by atoms with van der Waals surface area (Å²) in [6.45, 7) is 1.72. The van der Waals surface area contributed by atoms with Gasteiger partial charge in [-0.15, -0.1) is 0 Å². The van der Waals surface area contributed by atoms with Gasteiger partial charge >= 0.3 is 12.2 Å². The first-order chi connectivity index (χ1) is 13.5. The van der Waals surface area contributed by atoms with Crippen LogP contribution in [0.15, 0.2) is 48.5 Å². The summed E-state index contributed by atoms with van der Waals surface area (Å²) in [5.74, 6) is -0.590. The summed E-state index contributed by atoms with van der Waals surface area (Å²) in [7, 11) is 0. The van der Waals surface area contributed by atoms with E-state index in [2.05, 4.69) is 10.6 Å². The van der Waals surface area contributed by atoms with Crippen molar-refractivity contribution in [2.45, 2.75) is 38.0 Å². The summed E-state index contributed by atoms with van der Waals surface area (Å²) >= 11 is 5.96. The fourth-order valence-electron chi connectivity index (χ4n) is 2.83. The molecule has 29 heavy (non-hydrogen) atoms. The van der Waals surface area contributed by atoms with Crippen LogP contribution in [0.4, 0.5) is 18.0 Å². The standard InChI is InChI=1S/C20H21ClF3N3O2/c1-12(9-13-5-7-15(8-6-13)20(22,23)24)26-19(29)27-17(11-18(25)28)14-3-2-4-16(21)10-14/h2-8,10,12,17H,9,11H2,1H3,(H2,25,28)(H2,26,27,29)/t12?,17-/m1/s1. The minimum Gasteiger partial charge on any atom is -0.370 e. The van der Waals surface area contributed by atoms with Crippen molar-refractivity contribution in [3.05, 3.63) is 70.2 Å². The van der Waals surface area contributed by atoms with Crippen LogP contribution in [0.3, 0.4) is 0 Å². The van der Waals surface area contributed by atoms with Crippen LogP contribution in [-0.4, -0.2) is 18.0 Å². The van der Waals surface area contributed by atoms with Crippen molar-refractivity contribution < 1.29 is 22.8 Å². The van der Waals surface area contributed by atoms with Crippen LogP contribution >= 0.6 is 11.6 Å². The number of hydrogen-bond donors (Lipinski definition) is 3. The van der Waals surface area contributed by atoms with E-state index in [9.17, 15) is 22.8 Å². The predicted octanol–water partition coefficient (Wildman–Crippen LogP) is 4.21. The lowest BCUT2D eigenvalue weighted by Gasteiger charge is -2.21. The molecule has 0 fully saturated rings. The van der Waals surface area contributed by atoms with Gasteiger partial charge in [0.05, 0.1) is 18.0 Å². The number of benzene rings is 2. The van der Waals surface area contributed by atoms with Gasteiger partial charge in [-0.05, 0) is 48.7 Å². The highest BCUT2D eigenvalue weighted by Gasteiger charge is 2.30. The summed E-state index contributed by atoms with van der Waals surface area (Å²) in [6.07, 6.45) is -4.16. The Morgan fingerprint density at radius 3 is 2.31 bits per heavy atom. The third-order valence-corrected chi connectivity index (χ3v) is 4.40. The molecule has 0 radical (unpaired) electrons. The molecule has 0 bridgehead atoms. The van der Waals surface area contributed by atoms with Crippen LogP contribution in [0.2, 0.25) is 5.02 Å². The molecule has 0 saturated carbocycles. The molecule has 2 rings (SSSR count). The topological polar surface area (TPSA) is 84.2 Å². The van der Waals surface area contributed by atoms with E-state index in [4.69, 9.17) is 17.3 Å². The minimum atomic E-state index is -4.39. The Kier molecular flexibility index (Phi) is 7.50. The molecule has 1 unspecified atom stereocenters. The Labute approximate surface area is 171 Å². The van der Waals surface area contributed by atoms with Crippen LogP contribution in [0.25, 0.3) is 0 Å². The molecule has 2 aromatic rings. The van der Waals surface area contributed by atoms with Gasteiger partial charge in [-0.3, -0.25) is 4.79 Å². The monoisotopic (exact) mass is 427 g/mol. The summed E-state index contributed by atoms with van der Waals surface area (Å²) in [6, 6.07) is 9.90. The summed E-state index contributed by atoms with van der Waals surface area (Å²) in [5, 5.41) is 5.84. The predicted molar refractivity (Wildman–Crippen MR) is 104 cm³/mol. The zero-order valence-electron chi connectivity index (χ0n) is 15.6. The highest BCUT2D eigenvalue weighted by molar-refractivity contribution is 6.30. The van der Waals surface area contributed by atoms with Gasteiger partial charge < -0.3 is 16.4 Å². The summed E-state index contributed by atoms with van der Waals surface area (Å²) < 4.78 is 37.9. The number of carbonyl (C=O) groups excluding carboxylic acids is 2. The fraction of sp³-hybridized carbons (Fsp3) is 0.300. The Balaban J connectivity index is 1.97. The van der Waals surface area contributed by atoms with Gasteiger partial charge in [-0.25, -0.2) is 4.79 Å². The highest BCUT2D eigenvalue weighted by Crippen LogP contribution is 2.29. The number of nitrogens with one attached hydrogen (secondary N) is 2. The van der Waals surface area contributed by atoms with E-state index in [1.807, 2.05) is 0 Å². The van der Waals surface area contributed by atoms with E-state index in [1.165, 1.54) is 12.1 Å². The number of nitrogens with two attached hydrogens (primary N) is 1. The van der Waals surface area contributed by atoms with Crippen LogP contribution in [0, 0.1) is 0 Å². The Morgan fingerprint density at radius 2 is 1.76 bits per heavy atom. The molecule has 0 heterocycles. The van der Waals surface area contributed by atoms with Crippen molar-refractivity contribution in [3.8, 4) is 0 Å². The molecule has 0 aliphatic carbocycles. The second-order valence-electron chi connectivity index (χ2n) is 6.70. The van der Waals surface area contributed by atoms with Crippen molar-refractivity contribution in [1.29, 1.82) is 0 Å². The van der Waals surface area contributed by atoms with Gasteiger partial charge in [0, 0.05) is 11.1 Å². The molecular formula is C20H21ClF3N3O2. The third-order valence-electron chi connectivity index (χ3n) is 4.16. The number of urea groups is 1. The smallest absolute Gasteiger partial charge is 0.370 e. The summed E-state index contributed by atoms with van der Waals surface area (Å²) in [4.78, 5) is 23.7. The molecule has 0 spiro atoms. The molecule has 3 amide bonds. The average molecular weight is 428 g/mol. The van der Waals surface area contributed by atoms with Gasteiger partial charge in [0.1, 0.15) is 0 Å². The SMILES string of the molecule is CC(Cc1ccc(C(F)(F)F)cc1)NC(=O)N[C@H](CC(N)=O)c1cccc(Cl)c1. The number of alkyl halides is 3. The molecule has 9 heteroatoms. The van der Waals surface area contributed by atoms with Gasteiger partial charge in [-0.1, -0.05) is 35.9 Å². The number of hydrogen-bond acceptors (Lipinski definition) is 2. The van der Waals surface area contributed by atoms with Crippen LogP contribution < -0.4 is 16.4 Å². The van der Waals surface area contributed by atoms with Crippen molar-refractivity contribution in [1.82, 2.24) is 10.6 Å². The molecule has 0 saturated heterocycles. The Hall–Kier alpha value is -2.74. The number of carbonyl (C=O) groups is 2. The first-order valence-electron chi connectivity index (χ1n) is 8.81. The van der Waals surface area contributed by atoms with E-state index in [-0.39, 0.29) is 12.5 Å². The molecule has 156 valence electrons. The third kappa shape index (κ3) is 7.30. The fourth-order valence-corrected chi connectivity index (χ4v) is 3.03. The maximum absolute atomic E-state index is 12.6. The molecule has 2 aromatic carbocycles. The quantitative estimate of drug-likeness (QED) is 0.618. The molecule has 0 aromatic heterocycles. The highest BCUT2D eigenvalue weighted by atomic mass is 35.5. The maximum Gasteiger partial charge on any atom is 0.416 e. The lowest BCUT2D eigenvalue weighted by molar-refractivity contribution is -0.137. The largest absolute Gasteiger partial charge is 0.416 e. The summed E-state index contributed by atoms with van der Waals surface area (Å²) in [5.41, 5.74) is 5.81. The van der Waals surface area contributed by atoms with Crippen molar-refractivity contribution >= 4 is 23.5 Å². The van der Waals surface area contributed by atoms with E-state index in [0.717, 1.165) is 12.1 Å². The van der Waals surface area contributed by atoms with Gasteiger partial charge in [-0.2, -0.15) is 13.2 Å². The van der Waals surface area contributed by atoms with E-state index in [0.29, 0.717) is 22.6 Å². The van der Waals surface area contributed by atoms with Crippen molar-refractivity contribution in [3.63, 3.8) is 0 Å². The molecule has 0 aliphatic rings. The Morgan fingerprint density at radius 1 is 1.10 bits per heavy atom. The number of rotatable bonds is 7. The first kappa shape index (κ1) is 22.5. The van der Waals surface area contributed by atoms with Gasteiger partial charge in [0.2, 0.25) is 5.91 Å². The van der Waals surface area contributed by atoms with Gasteiger partial charge in [0.15, 0.2) is 0 Å². The second-order valence-corrected chi connectivity index (χ2v) is 7.13. The lowest BCUT2D eigenvalue weighted by Crippen LogP contribution is -2.43. The maximum atomic E-state index is 12.6. The lowest BCUT2D eigenvalue weighted by atomic mass is 10.0. The second kappa shape index (κ2) is 9.65. The van der Waals surface area contributed by atoms with E-state index >= 15 is 0 Å². The molecular weight excluding hydrogens is 407 g/mol. The van der Waals surface area contributed by atoms with Crippen LogP contribution in [0.1, 0.15) is 36.1 Å². The number of primary amides is 1. The van der Waals surface area contributed by atoms with Crippen LogP contribution in [-0.2, 0) is 17.4 Å². The normalized spacial score (nSPS) is 13.4.